The molecule has 0 amide bonds. The van der Waals surface area contributed by atoms with E-state index in [0.717, 1.165) is 30.6 Å². The van der Waals surface area contributed by atoms with E-state index in [1.165, 1.54) is 7.11 Å². The summed E-state index contributed by atoms with van der Waals surface area (Å²) in [4.78, 5) is 13.2. The van der Waals surface area contributed by atoms with Crippen LogP contribution >= 0.6 is 35.0 Å². The van der Waals surface area contributed by atoms with Gasteiger partial charge in [-0.25, -0.2) is 0 Å². The minimum atomic E-state index is -0.569. The number of carbonyl (C=O) groups is 1. The normalized spacial score (nSPS) is 25.6. The topological polar surface area (TPSA) is 38.3 Å². The number of likely N-dealkylation sites (N-methyl/N-ethyl adjacent to an activating group) is 1. The first-order chi connectivity index (χ1) is 10.0. The summed E-state index contributed by atoms with van der Waals surface area (Å²) >= 11 is 13.7. The maximum Gasteiger partial charge on any atom is 0.326 e. The second-order valence-corrected chi connectivity index (χ2v) is 7.42. The van der Waals surface area contributed by atoms with E-state index in [2.05, 4.69) is 5.32 Å². The molecular formula is C15H19Cl2NO2S. The van der Waals surface area contributed by atoms with E-state index >= 15 is 0 Å². The zero-order valence-electron chi connectivity index (χ0n) is 12.1. The van der Waals surface area contributed by atoms with Crippen LogP contribution in [0.25, 0.3) is 0 Å². The highest BCUT2D eigenvalue weighted by Gasteiger charge is 2.42. The molecule has 2 rings (SSSR count). The Bertz CT molecular complexity index is 526. The standard InChI is InChI=1S/C15H19Cl2NO2S/c1-18-15(14(19)20-2)7-3-4-11(9-15)21-10-5-6-12(16)13(17)8-10/h5-6,8,11,18H,3-4,7,9H2,1-2H3. The highest BCUT2D eigenvalue weighted by Crippen LogP contribution is 2.40. The van der Waals surface area contributed by atoms with Gasteiger partial charge in [0.15, 0.2) is 0 Å². The first-order valence-electron chi connectivity index (χ1n) is 6.90. The number of thioether (sulfide) groups is 1. The highest BCUT2D eigenvalue weighted by atomic mass is 35.5. The summed E-state index contributed by atoms with van der Waals surface area (Å²) < 4.78 is 4.97. The van der Waals surface area contributed by atoms with E-state index in [1.54, 1.807) is 17.8 Å². The van der Waals surface area contributed by atoms with Crippen molar-refractivity contribution in [2.75, 3.05) is 14.2 Å². The predicted octanol–water partition coefficient (Wildman–Crippen LogP) is 4.16. The minimum absolute atomic E-state index is 0.176. The number of methoxy groups -OCH3 is 1. The van der Waals surface area contributed by atoms with Crippen LogP contribution in [0.4, 0.5) is 0 Å². The summed E-state index contributed by atoms with van der Waals surface area (Å²) in [6.07, 6.45) is 3.63. The van der Waals surface area contributed by atoms with Crippen LogP contribution in [0.2, 0.25) is 10.0 Å². The molecule has 0 aliphatic heterocycles. The van der Waals surface area contributed by atoms with Gasteiger partial charge in [0.05, 0.1) is 17.2 Å². The van der Waals surface area contributed by atoms with Gasteiger partial charge in [-0.1, -0.05) is 23.2 Å². The molecule has 0 heterocycles. The lowest BCUT2D eigenvalue weighted by molar-refractivity contribution is -0.149. The van der Waals surface area contributed by atoms with E-state index in [9.17, 15) is 4.79 Å². The van der Waals surface area contributed by atoms with E-state index in [0.29, 0.717) is 15.3 Å². The molecule has 1 N–H and O–H groups in total. The molecule has 0 bridgehead atoms. The molecule has 2 atom stereocenters. The Hall–Kier alpha value is -0.420. The quantitative estimate of drug-likeness (QED) is 0.830. The highest BCUT2D eigenvalue weighted by molar-refractivity contribution is 8.00. The number of hydrogen-bond acceptors (Lipinski definition) is 4. The Morgan fingerprint density at radius 1 is 1.43 bits per heavy atom. The van der Waals surface area contributed by atoms with Gasteiger partial charge < -0.3 is 10.1 Å². The van der Waals surface area contributed by atoms with E-state index in [4.69, 9.17) is 27.9 Å². The Kier molecular flexibility index (Phi) is 5.83. The van der Waals surface area contributed by atoms with Crippen molar-refractivity contribution in [3.63, 3.8) is 0 Å². The summed E-state index contributed by atoms with van der Waals surface area (Å²) in [6.45, 7) is 0. The van der Waals surface area contributed by atoms with Crippen LogP contribution in [-0.2, 0) is 9.53 Å². The van der Waals surface area contributed by atoms with Gasteiger partial charge in [-0.2, -0.15) is 0 Å². The van der Waals surface area contributed by atoms with Gasteiger partial charge in [0.25, 0.3) is 0 Å². The summed E-state index contributed by atoms with van der Waals surface area (Å²) in [7, 11) is 3.26. The Morgan fingerprint density at radius 2 is 2.19 bits per heavy atom. The summed E-state index contributed by atoms with van der Waals surface area (Å²) in [5.74, 6) is -0.176. The lowest BCUT2D eigenvalue weighted by Gasteiger charge is -2.38. The maximum absolute atomic E-state index is 12.1. The van der Waals surface area contributed by atoms with Crippen LogP contribution in [0.1, 0.15) is 25.7 Å². The number of ether oxygens (including phenoxy) is 1. The maximum atomic E-state index is 12.1. The molecule has 2 unspecified atom stereocenters. The SMILES string of the molecule is CNC1(C(=O)OC)CCCC(Sc2ccc(Cl)c(Cl)c2)C1. The molecule has 0 spiro atoms. The summed E-state index contributed by atoms with van der Waals surface area (Å²) in [6, 6.07) is 5.65. The average molecular weight is 348 g/mol. The summed E-state index contributed by atoms with van der Waals surface area (Å²) in [5.41, 5.74) is -0.569. The van der Waals surface area contributed by atoms with Crippen LogP contribution < -0.4 is 5.32 Å². The van der Waals surface area contributed by atoms with Crippen molar-refractivity contribution in [1.82, 2.24) is 5.32 Å². The summed E-state index contributed by atoms with van der Waals surface area (Å²) in [5, 5.41) is 4.64. The third-order valence-electron chi connectivity index (χ3n) is 3.95. The Balaban J connectivity index is 2.10. The molecule has 0 radical (unpaired) electrons. The third-order valence-corrected chi connectivity index (χ3v) is 5.96. The smallest absolute Gasteiger partial charge is 0.326 e. The van der Waals surface area contributed by atoms with Gasteiger partial charge in [-0.3, -0.25) is 4.79 Å². The van der Waals surface area contributed by atoms with Crippen LogP contribution in [-0.4, -0.2) is 30.9 Å². The van der Waals surface area contributed by atoms with Crippen molar-refractivity contribution in [1.29, 1.82) is 0 Å². The van der Waals surface area contributed by atoms with Crippen LogP contribution in [0, 0.1) is 0 Å². The number of carbonyl (C=O) groups excluding carboxylic acids is 1. The number of benzene rings is 1. The molecule has 1 aliphatic rings. The largest absolute Gasteiger partial charge is 0.468 e. The van der Waals surface area contributed by atoms with Crippen molar-refractivity contribution in [3.8, 4) is 0 Å². The molecule has 21 heavy (non-hydrogen) atoms. The zero-order valence-corrected chi connectivity index (χ0v) is 14.4. The lowest BCUT2D eigenvalue weighted by Crippen LogP contribution is -2.54. The van der Waals surface area contributed by atoms with Crippen molar-refractivity contribution in [2.24, 2.45) is 0 Å². The molecule has 1 saturated carbocycles. The van der Waals surface area contributed by atoms with Crippen LogP contribution in [0.3, 0.4) is 0 Å². The van der Waals surface area contributed by atoms with Gasteiger partial charge in [-0.05, 0) is 50.9 Å². The molecule has 1 aromatic rings. The second-order valence-electron chi connectivity index (χ2n) is 5.24. The molecule has 6 heteroatoms. The first kappa shape index (κ1) is 16.9. The van der Waals surface area contributed by atoms with Crippen molar-refractivity contribution in [2.45, 2.75) is 41.4 Å². The van der Waals surface area contributed by atoms with Crippen LogP contribution in [0.5, 0.6) is 0 Å². The van der Waals surface area contributed by atoms with Crippen LogP contribution in [0.15, 0.2) is 23.1 Å². The Morgan fingerprint density at radius 3 is 2.81 bits per heavy atom. The second kappa shape index (κ2) is 7.23. The van der Waals surface area contributed by atoms with Gasteiger partial charge >= 0.3 is 5.97 Å². The zero-order chi connectivity index (χ0) is 15.5. The number of hydrogen-bond donors (Lipinski definition) is 1. The number of rotatable bonds is 4. The predicted molar refractivity (Wildman–Crippen MR) is 88.4 cm³/mol. The van der Waals surface area contributed by atoms with Gasteiger partial charge in [0.1, 0.15) is 5.54 Å². The molecular weight excluding hydrogens is 329 g/mol. The van der Waals surface area contributed by atoms with Crippen molar-refractivity contribution in [3.05, 3.63) is 28.2 Å². The van der Waals surface area contributed by atoms with Gasteiger partial charge in [0.2, 0.25) is 0 Å². The van der Waals surface area contributed by atoms with E-state index in [-0.39, 0.29) is 5.97 Å². The molecule has 0 aromatic heterocycles. The fourth-order valence-corrected chi connectivity index (χ4v) is 4.51. The molecule has 1 fully saturated rings. The number of esters is 1. The third kappa shape index (κ3) is 3.86. The van der Waals surface area contributed by atoms with E-state index < -0.39 is 5.54 Å². The fourth-order valence-electron chi connectivity index (χ4n) is 2.78. The fraction of sp³-hybridized carbons (Fsp3) is 0.533. The van der Waals surface area contributed by atoms with Crippen molar-refractivity contribution >= 4 is 40.9 Å². The monoisotopic (exact) mass is 347 g/mol. The number of halogens is 2. The number of nitrogens with one attached hydrogen (secondary N) is 1. The molecule has 116 valence electrons. The first-order valence-corrected chi connectivity index (χ1v) is 8.53. The van der Waals surface area contributed by atoms with Gasteiger partial charge in [-0.15, -0.1) is 11.8 Å². The lowest BCUT2D eigenvalue weighted by atomic mass is 9.81. The molecule has 1 aromatic carbocycles. The van der Waals surface area contributed by atoms with Gasteiger partial charge in [0, 0.05) is 10.1 Å². The van der Waals surface area contributed by atoms with E-state index in [1.807, 2.05) is 19.2 Å². The molecule has 0 saturated heterocycles. The molecule has 3 nitrogen and oxygen atoms in total. The average Bonchev–Trinajstić information content (AvgIpc) is 2.50. The minimum Gasteiger partial charge on any atom is -0.468 e. The van der Waals surface area contributed by atoms with Crippen molar-refractivity contribution < 1.29 is 9.53 Å². The Labute approximate surface area is 139 Å². The molecule has 1 aliphatic carbocycles.